The molecule has 30 heavy (non-hydrogen) atoms. The molecule has 2 heterocycles. The maximum Gasteiger partial charge on any atom is 0.325 e. The summed E-state index contributed by atoms with van der Waals surface area (Å²) in [7, 11) is 1.69. The molecular weight excluding hydrogens is 382 g/mol. The van der Waals surface area contributed by atoms with E-state index in [0.29, 0.717) is 19.4 Å². The molecule has 4 rings (SSSR count). The van der Waals surface area contributed by atoms with E-state index in [1.165, 1.54) is 0 Å². The Labute approximate surface area is 175 Å². The summed E-state index contributed by atoms with van der Waals surface area (Å²) in [5.74, 6) is -0.546. The average molecular weight is 409 g/mol. The van der Waals surface area contributed by atoms with Gasteiger partial charge in [0.05, 0.1) is 11.4 Å². The van der Waals surface area contributed by atoms with Crippen LogP contribution in [0.3, 0.4) is 0 Å². The second-order valence-corrected chi connectivity index (χ2v) is 8.26. The van der Waals surface area contributed by atoms with Gasteiger partial charge in [-0.3, -0.25) is 14.5 Å². The zero-order valence-corrected chi connectivity index (χ0v) is 17.6. The standard InChI is InChI=1S/C22H27N5O3/c1-15-18(16(2)27(24-15)17-9-5-4-6-10-17)13-25(3)19(28)14-26-20(29)22(23-21(26)30)11-7-8-12-22/h4-6,9-10H,7-8,11-14H2,1-3H3,(H,23,30). The van der Waals surface area contributed by atoms with Gasteiger partial charge in [-0.25, -0.2) is 9.48 Å². The lowest BCUT2D eigenvalue weighted by atomic mass is 9.98. The van der Waals surface area contributed by atoms with Crippen LogP contribution in [0.5, 0.6) is 0 Å². The van der Waals surface area contributed by atoms with Crippen molar-refractivity contribution in [3.05, 3.63) is 47.3 Å². The molecule has 0 bridgehead atoms. The summed E-state index contributed by atoms with van der Waals surface area (Å²) in [5, 5.41) is 7.43. The topological polar surface area (TPSA) is 87.5 Å². The maximum absolute atomic E-state index is 12.8. The van der Waals surface area contributed by atoms with Crippen LogP contribution in [0, 0.1) is 13.8 Å². The van der Waals surface area contributed by atoms with Crippen LogP contribution in [-0.4, -0.2) is 56.6 Å². The molecule has 0 radical (unpaired) electrons. The van der Waals surface area contributed by atoms with E-state index in [1.807, 2.05) is 48.9 Å². The number of likely N-dealkylation sites (N-methyl/N-ethyl adjacent to an activating group) is 1. The predicted molar refractivity (Wildman–Crippen MR) is 111 cm³/mol. The third-order valence-corrected chi connectivity index (χ3v) is 6.26. The van der Waals surface area contributed by atoms with E-state index in [4.69, 9.17) is 0 Å². The summed E-state index contributed by atoms with van der Waals surface area (Å²) in [5.41, 5.74) is 2.92. The number of para-hydroxylation sites is 1. The minimum atomic E-state index is -0.792. The Morgan fingerprint density at radius 1 is 1.17 bits per heavy atom. The van der Waals surface area contributed by atoms with Crippen LogP contribution < -0.4 is 5.32 Å². The van der Waals surface area contributed by atoms with Crippen LogP contribution in [0.25, 0.3) is 5.69 Å². The van der Waals surface area contributed by atoms with E-state index >= 15 is 0 Å². The van der Waals surface area contributed by atoms with Crippen molar-refractivity contribution >= 4 is 17.8 Å². The molecule has 1 spiro atoms. The molecule has 1 aromatic heterocycles. The second-order valence-electron chi connectivity index (χ2n) is 8.26. The summed E-state index contributed by atoms with van der Waals surface area (Å²) in [4.78, 5) is 40.6. The Morgan fingerprint density at radius 3 is 2.50 bits per heavy atom. The highest BCUT2D eigenvalue weighted by Crippen LogP contribution is 2.35. The number of carbonyl (C=O) groups is 3. The van der Waals surface area contributed by atoms with E-state index in [2.05, 4.69) is 10.4 Å². The Bertz CT molecular complexity index is 992. The van der Waals surface area contributed by atoms with Gasteiger partial charge in [-0.1, -0.05) is 31.0 Å². The molecule has 1 saturated heterocycles. The maximum atomic E-state index is 12.8. The fraction of sp³-hybridized carbons (Fsp3) is 0.455. The summed E-state index contributed by atoms with van der Waals surface area (Å²) in [6.07, 6.45) is 3.12. The van der Waals surface area contributed by atoms with Crippen LogP contribution in [0.1, 0.15) is 42.6 Å². The molecule has 8 heteroatoms. The van der Waals surface area contributed by atoms with Crippen LogP contribution >= 0.6 is 0 Å². The van der Waals surface area contributed by atoms with E-state index in [-0.39, 0.29) is 18.4 Å². The molecule has 1 N–H and O–H groups in total. The van der Waals surface area contributed by atoms with E-state index in [0.717, 1.165) is 40.4 Å². The number of nitrogens with zero attached hydrogens (tertiary/aromatic N) is 4. The quantitative estimate of drug-likeness (QED) is 0.768. The fourth-order valence-electron chi connectivity index (χ4n) is 4.44. The second kappa shape index (κ2) is 7.59. The number of rotatable bonds is 5. The first-order valence-corrected chi connectivity index (χ1v) is 10.3. The van der Waals surface area contributed by atoms with Crippen molar-refractivity contribution in [1.82, 2.24) is 24.9 Å². The molecule has 1 aliphatic carbocycles. The van der Waals surface area contributed by atoms with E-state index in [9.17, 15) is 14.4 Å². The van der Waals surface area contributed by atoms with Crippen molar-refractivity contribution in [2.75, 3.05) is 13.6 Å². The summed E-state index contributed by atoms with van der Waals surface area (Å²) in [6.45, 7) is 4.01. The molecule has 1 aromatic carbocycles. The first-order chi connectivity index (χ1) is 14.3. The van der Waals surface area contributed by atoms with Gasteiger partial charge in [-0.15, -0.1) is 0 Å². The minimum absolute atomic E-state index is 0.242. The summed E-state index contributed by atoms with van der Waals surface area (Å²) >= 11 is 0. The summed E-state index contributed by atoms with van der Waals surface area (Å²) in [6, 6.07) is 9.36. The molecule has 2 aliphatic rings. The Hall–Kier alpha value is -3.16. The number of hydrogen-bond donors (Lipinski definition) is 1. The van der Waals surface area contributed by atoms with Crippen molar-refractivity contribution < 1.29 is 14.4 Å². The molecular formula is C22H27N5O3. The lowest BCUT2D eigenvalue weighted by Crippen LogP contribution is -2.45. The third kappa shape index (κ3) is 3.36. The molecule has 1 aliphatic heterocycles. The number of benzene rings is 1. The molecule has 1 saturated carbocycles. The number of carbonyl (C=O) groups excluding carboxylic acids is 3. The molecule has 0 unspecified atom stereocenters. The van der Waals surface area contributed by atoms with Gasteiger partial charge in [0, 0.05) is 24.8 Å². The Kier molecular flexibility index (Phi) is 5.09. The molecule has 2 aromatic rings. The number of imide groups is 1. The predicted octanol–water partition coefficient (Wildman–Crippen LogP) is 2.31. The number of aromatic nitrogens is 2. The lowest BCUT2D eigenvalue weighted by molar-refractivity contribution is -0.138. The third-order valence-electron chi connectivity index (χ3n) is 6.26. The Balaban J connectivity index is 1.46. The number of amides is 4. The molecule has 4 amide bonds. The average Bonchev–Trinajstić information content (AvgIpc) is 3.38. The van der Waals surface area contributed by atoms with Gasteiger partial charge in [-0.2, -0.15) is 5.10 Å². The lowest BCUT2D eigenvalue weighted by Gasteiger charge is -2.22. The van der Waals surface area contributed by atoms with Gasteiger partial charge in [0.25, 0.3) is 5.91 Å². The largest absolute Gasteiger partial charge is 0.340 e. The van der Waals surface area contributed by atoms with Crippen molar-refractivity contribution in [2.24, 2.45) is 0 Å². The zero-order chi connectivity index (χ0) is 21.5. The van der Waals surface area contributed by atoms with Gasteiger partial charge in [-0.05, 0) is 38.8 Å². The molecule has 158 valence electrons. The monoisotopic (exact) mass is 409 g/mol. The van der Waals surface area contributed by atoms with Gasteiger partial charge >= 0.3 is 6.03 Å². The molecule has 0 atom stereocenters. The van der Waals surface area contributed by atoms with Crippen LogP contribution in [-0.2, 0) is 16.1 Å². The number of hydrogen-bond acceptors (Lipinski definition) is 4. The summed E-state index contributed by atoms with van der Waals surface area (Å²) < 4.78 is 1.87. The first-order valence-electron chi connectivity index (χ1n) is 10.3. The number of nitrogens with one attached hydrogen (secondary N) is 1. The Morgan fingerprint density at radius 2 is 1.83 bits per heavy atom. The van der Waals surface area contributed by atoms with Gasteiger partial charge in [0.1, 0.15) is 12.1 Å². The highest BCUT2D eigenvalue weighted by molar-refractivity contribution is 6.09. The molecule has 8 nitrogen and oxygen atoms in total. The normalized spacial score (nSPS) is 17.6. The number of aryl methyl sites for hydroxylation is 1. The zero-order valence-electron chi connectivity index (χ0n) is 17.6. The van der Waals surface area contributed by atoms with Crippen molar-refractivity contribution in [3.8, 4) is 5.69 Å². The van der Waals surface area contributed by atoms with Gasteiger partial charge < -0.3 is 10.2 Å². The SMILES string of the molecule is Cc1nn(-c2ccccc2)c(C)c1CN(C)C(=O)CN1C(=O)NC2(CCCC2)C1=O. The smallest absolute Gasteiger partial charge is 0.325 e. The van der Waals surface area contributed by atoms with Crippen molar-refractivity contribution in [2.45, 2.75) is 51.6 Å². The number of urea groups is 1. The van der Waals surface area contributed by atoms with Crippen LogP contribution in [0.4, 0.5) is 4.79 Å². The van der Waals surface area contributed by atoms with E-state index in [1.54, 1.807) is 11.9 Å². The first kappa shape index (κ1) is 20.1. The fourth-order valence-corrected chi connectivity index (χ4v) is 4.44. The highest BCUT2D eigenvalue weighted by Gasteiger charge is 2.52. The van der Waals surface area contributed by atoms with Gasteiger partial charge in [0.15, 0.2) is 0 Å². The van der Waals surface area contributed by atoms with Gasteiger partial charge in [0.2, 0.25) is 5.91 Å². The minimum Gasteiger partial charge on any atom is -0.340 e. The van der Waals surface area contributed by atoms with Crippen molar-refractivity contribution in [3.63, 3.8) is 0 Å². The molecule has 2 fully saturated rings. The van der Waals surface area contributed by atoms with E-state index < -0.39 is 11.6 Å². The van der Waals surface area contributed by atoms with Crippen LogP contribution in [0.15, 0.2) is 30.3 Å². The van der Waals surface area contributed by atoms with Crippen LogP contribution in [0.2, 0.25) is 0 Å². The highest BCUT2D eigenvalue weighted by atomic mass is 16.2. The van der Waals surface area contributed by atoms with Crippen molar-refractivity contribution in [1.29, 1.82) is 0 Å².